The normalized spacial score (nSPS) is 14.8. The third kappa shape index (κ3) is 3.43. The molecule has 4 aromatic rings. The number of halogens is 1. The zero-order valence-electron chi connectivity index (χ0n) is 17.0. The molecule has 0 radical (unpaired) electrons. The van der Waals surface area contributed by atoms with E-state index in [9.17, 15) is 4.79 Å². The molecule has 6 nitrogen and oxygen atoms in total. The summed E-state index contributed by atoms with van der Waals surface area (Å²) in [6, 6.07) is 16.6. The van der Waals surface area contributed by atoms with E-state index in [1.807, 2.05) is 36.5 Å². The van der Waals surface area contributed by atoms with E-state index in [0.717, 1.165) is 47.4 Å². The van der Waals surface area contributed by atoms with Crippen molar-refractivity contribution in [3.63, 3.8) is 0 Å². The van der Waals surface area contributed by atoms with Crippen LogP contribution in [0.5, 0.6) is 5.75 Å². The number of aromatic nitrogens is 3. The van der Waals surface area contributed by atoms with E-state index < -0.39 is 0 Å². The maximum Gasteiger partial charge on any atom is 0.256 e. The Hall–Kier alpha value is -3.38. The molecule has 2 heterocycles. The Balaban J connectivity index is 1.42. The molecular formula is C24H21ClN4O2. The van der Waals surface area contributed by atoms with Crippen LogP contribution in [0.2, 0.25) is 5.02 Å². The van der Waals surface area contributed by atoms with Crippen molar-refractivity contribution in [3.8, 4) is 5.75 Å². The van der Waals surface area contributed by atoms with Crippen LogP contribution >= 0.6 is 11.6 Å². The molecule has 1 fully saturated rings. The minimum absolute atomic E-state index is 0.202. The number of H-pyrrole nitrogens is 1. The lowest BCUT2D eigenvalue weighted by atomic mass is 9.64. The number of methoxy groups -OCH3 is 1. The van der Waals surface area contributed by atoms with Crippen molar-refractivity contribution in [2.45, 2.75) is 24.7 Å². The lowest BCUT2D eigenvalue weighted by Gasteiger charge is -2.40. The zero-order valence-corrected chi connectivity index (χ0v) is 17.7. The van der Waals surface area contributed by atoms with Gasteiger partial charge in [-0.15, -0.1) is 0 Å². The van der Waals surface area contributed by atoms with Gasteiger partial charge in [0.2, 0.25) is 0 Å². The Morgan fingerprint density at radius 3 is 2.68 bits per heavy atom. The van der Waals surface area contributed by atoms with Gasteiger partial charge in [0, 0.05) is 16.8 Å². The van der Waals surface area contributed by atoms with Gasteiger partial charge in [0.1, 0.15) is 22.9 Å². The van der Waals surface area contributed by atoms with Crippen molar-refractivity contribution in [2.75, 3.05) is 12.4 Å². The average molecular weight is 433 g/mol. The number of benzene rings is 2. The minimum Gasteiger partial charge on any atom is -0.494 e. The fourth-order valence-electron chi connectivity index (χ4n) is 4.16. The lowest BCUT2D eigenvalue weighted by Crippen LogP contribution is -2.36. The van der Waals surface area contributed by atoms with E-state index in [1.165, 1.54) is 0 Å². The summed E-state index contributed by atoms with van der Waals surface area (Å²) in [5.41, 5.74) is 3.17. The molecule has 1 amide bonds. The number of aromatic amines is 1. The van der Waals surface area contributed by atoms with Crippen LogP contribution in [0.4, 0.5) is 5.82 Å². The van der Waals surface area contributed by atoms with Crippen LogP contribution in [0.3, 0.4) is 0 Å². The average Bonchev–Trinajstić information content (AvgIpc) is 3.18. The van der Waals surface area contributed by atoms with Gasteiger partial charge in [-0.3, -0.25) is 4.79 Å². The number of carbonyl (C=O) groups is 1. The Morgan fingerprint density at radius 2 is 2.00 bits per heavy atom. The molecule has 0 saturated heterocycles. The Morgan fingerprint density at radius 1 is 1.16 bits per heavy atom. The Labute approximate surface area is 184 Å². The van der Waals surface area contributed by atoms with Crippen molar-refractivity contribution in [2.24, 2.45) is 0 Å². The fraction of sp³-hybridized carbons (Fsp3) is 0.208. The molecule has 0 spiro atoms. The number of nitrogens with one attached hydrogen (secondary N) is 2. The summed E-state index contributed by atoms with van der Waals surface area (Å²) in [7, 11) is 1.66. The van der Waals surface area contributed by atoms with Crippen molar-refractivity contribution in [3.05, 3.63) is 82.8 Å². The van der Waals surface area contributed by atoms with E-state index in [1.54, 1.807) is 31.4 Å². The lowest BCUT2D eigenvalue weighted by molar-refractivity contribution is 0.102. The minimum atomic E-state index is -0.245. The number of hydrogen-bond donors (Lipinski definition) is 2. The van der Waals surface area contributed by atoms with Gasteiger partial charge in [-0.2, -0.15) is 0 Å². The monoisotopic (exact) mass is 432 g/mol. The molecule has 1 aliphatic carbocycles. The number of pyridine rings is 1. The van der Waals surface area contributed by atoms with E-state index in [2.05, 4.69) is 15.3 Å². The molecule has 1 aliphatic rings. The van der Waals surface area contributed by atoms with Crippen LogP contribution in [0.1, 0.15) is 41.0 Å². The third-order valence-corrected chi connectivity index (χ3v) is 6.24. The van der Waals surface area contributed by atoms with Gasteiger partial charge in [0.05, 0.1) is 18.0 Å². The number of ether oxygens (including phenoxy) is 1. The summed E-state index contributed by atoms with van der Waals surface area (Å²) in [6.45, 7) is 0. The van der Waals surface area contributed by atoms with Crippen molar-refractivity contribution in [1.82, 2.24) is 15.0 Å². The second-order valence-electron chi connectivity index (χ2n) is 7.77. The highest BCUT2D eigenvalue weighted by atomic mass is 35.5. The predicted octanol–water partition coefficient (Wildman–Crippen LogP) is 5.34. The molecule has 0 atom stereocenters. The quantitative estimate of drug-likeness (QED) is 0.446. The maximum atomic E-state index is 12.5. The second kappa shape index (κ2) is 7.71. The number of imidazole rings is 1. The largest absolute Gasteiger partial charge is 0.494 e. The van der Waals surface area contributed by atoms with Crippen molar-refractivity contribution in [1.29, 1.82) is 0 Å². The first-order chi connectivity index (χ1) is 15.1. The van der Waals surface area contributed by atoms with Gasteiger partial charge >= 0.3 is 0 Å². The smallest absolute Gasteiger partial charge is 0.256 e. The summed E-state index contributed by atoms with van der Waals surface area (Å²) < 4.78 is 5.46. The fourth-order valence-corrected chi connectivity index (χ4v) is 4.35. The van der Waals surface area contributed by atoms with Crippen LogP contribution in [0.25, 0.3) is 11.0 Å². The number of nitrogens with zero attached hydrogens (tertiary/aromatic N) is 2. The Bertz CT molecular complexity index is 1260. The third-order valence-electron chi connectivity index (χ3n) is 6.00. The molecule has 31 heavy (non-hydrogen) atoms. The first-order valence-corrected chi connectivity index (χ1v) is 10.5. The van der Waals surface area contributed by atoms with E-state index in [0.29, 0.717) is 16.4 Å². The van der Waals surface area contributed by atoms with Gasteiger partial charge in [0.15, 0.2) is 0 Å². The van der Waals surface area contributed by atoms with E-state index in [-0.39, 0.29) is 11.3 Å². The topological polar surface area (TPSA) is 79.9 Å². The molecule has 2 aromatic heterocycles. The number of amides is 1. The highest BCUT2D eigenvalue weighted by Gasteiger charge is 2.43. The molecule has 2 N–H and O–H groups in total. The SMILES string of the molecule is COc1cccc2[nH]c(C3(c4ccc(NC(=O)c5cccc(Cl)c5)nc4)CCC3)nc12. The standard InChI is InChI=1S/C24H21ClN4O2/c1-31-19-8-3-7-18-21(19)29-23(27-18)24(11-4-12-24)16-9-10-20(26-14-16)28-22(30)15-5-2-6-17(25)13-15/h2-3,5-10,13-14H,4,11-12H2,1H3,(H,27,29)(H,26,28,30). The molecule has 5 rings (SSSR count). The first-order valence-electron chi connectivity index (χ1n) is 10.2. The molecule has 2 aromatic carbocycles. The summed E-state index contributed by atoms with van der Waals surface area (Å²) >= 11 is 5.98. The van der Waals surface area contributed by atoms with Gasteiger partial charge in [-0.25, -0.2) is 9.97 Å². The van der Waals surface area contributed by atoms with Gasteiger partial charge in [0.25, 0.3) is 5.91 Å². The molecule has 0 aliphatic heterocycles. The number of rotatable bonds is 5. The first kappa shape index (κ1) is 19.6. The number of hydrogen-bond acceptors (Lipinski definition) is 4. The predicted molar refractivity (Wildman–Crippen MR) is 121 cm³/mol. The maximum absolute atomic E-state index is 12.5. The van der Waals surface area contributed by atoms with Gasteiger partial charge < -0.3 is 15.0 Å². The summed E-state index contributed by atoms with van der Waals surface area (Å²) in [5, 5.41) is 3.35. The van der Waals surface area contributed by atoms with Gasteiger partial charge in [-0.05, 0) is 54.8 Å². The van der Waals surface area contributed by atoms with Crippen LogP contribution < -0.4 is 10.1 Å². The molecule has 0 bridgehead atoms. The van der Waals surface area contributed by atoms with Crippen LogP contribution in [0.15, 0.2) is 60.8 Å². The summed E-state index contributed by atoms with van der Waals surface area (Å²) in [4.78, 5) is 25.3. The van der Waals surface area contributed by atoms with Crippen LogP contribution in [-0.4, -0.2) is 28.0 Å². The second-order valence-corrected chi connectivity index (χ2v) is 8.21. The zero-order chi connectivity index (χ0) is 21.4. The highest BCUT2D eigenvalue weighted by molar-refractivity contribution is 6.31. The molecule has 0 unspecified atom stereocenters. The molecule has 7 heteroatoms. The highest BCUT2D eigenvalue weighted by Crippen LogP contribution is 2.48. The molecule has 156 valence electrons. The number of carbonyl (C=O) groups excluding carboxylic acids is 1. The molecule has 1 saturated carbocycles. The van der Waals surface area contributed by atoms with Crippen LogP contribution in [-0.2, 0) is 5.41 Å². The number of fused-ring (bicyclic) bond motifs is 1. The van der Waals surface area contributed by atoms with E-state index in [4.69, 9.17) is 21.3 Å². The number of anilines is 1. The summed E-state index contributed by atoms with van der Waals surface area (Å²) in [5.74, 6) is 1.93. The van der Waals surface area contributed by atoms with Gasteiger partial charge in [-0.1, -0.05) is 36.2 Å². The van der Waals surface area contributed by atoms with Crippen molar-refractivity contribution >= 4 is 34.4 Å². The Kier molecular flexibility index (Phi) is 4.87. The van der Waals surface area contributed by atoms with E-state index >= 15 is 0 Å². The summed E-state index contributed by atoms with van der Waals surface area (Å²) in [6.07, 6.45) is 4.94. The van der Waals surface area contributed by atoms with Crippen LogP contribution in [0, 0.1) is 0 Å². The van der Waals surface area contributed by atoms with Crippen molar-refractivity contribution < 1.29 is 9.53 Å². The molecular weight excluding hydrogens is 412 g/mol. The number of para-hydroxylation sites is 1.